The Kier molecular flexibility index (Phi) is 8.46. The topological polar surface area (TPSA) is 77.6 Å². The van der Waals surface area contributed by atoms with Crippen LogP contribution in [0.2, 0.25) is 29.7 Å². The molecule has 2 atom stereocenters. The lowest BCUT2D eigenvalue weighted by molar-refractivity contribution is -0.149. The molecular weight excluding hydrogens is 493 g/mol. The molecule has 0 spiro atoms. The molecule has 9 heteroatoms. The van der Waals surface area contributed by atoms with E-state index in [1.165, 1.54) is 7.11 Å². The van der Waals surface area contributed by atoms with Gasteiger partial charge in [-0.1, -0.05) is 53.5 Å². The summed E-state index contributed by atoms with van der Waals surface area (Å²) in [6, 6.07) is 12.9. The summed E-state index contributed by atoms with van der Waals surface area (Å²) in [6.45, 7) is 7.98. The Morgan fingerprint density at radius 2 is 1.76 bits per heavy atom. The van der Waals surface area contributed by atoms with Gasteiger partial charge in [0.15, 0.2) is 8.32 Å². The first-order chi connectivity index (χ1) is 16.1. The van der Waals surface area contributed by atoms with Crippen LogP contribution in [0.4, 0.5) is 0 Å². The highest BCUT2D eigenvalue weighted by molar-refractivity contribution is 6.69. The summed E-state index contributed by atoms with van der Waals surface area (Å²) in [5, 5.41) is 1.33. The zero-order valence-corrected chi connectivity index (χ0v) is 22.4. The molecule has 0 bridgehead atoms. The molecule has 1 N–H and O–H groups in total. The summed E-state index contributed by atoms with van der Waals surface area (Å²) in [5.41, 5.74) is 2.16. The van der Waals surface area contributed by atoms with Crippen molar-refractivity contribution in [1.82, 2.24) is 4.98 Å². The molecule has 3 rings (SSSR count). The minimum Gasteiger partial charge on any atom is -0.469 e. The fourth-order valence-corrected chi connectivity index (χ4v) is 5.62. The van der Waals surface area contributed by atoms with Crippen molar-refractivity contribution in [3.8, 4) is 0 Å². The van der Waals surface area contributed by atoms with E-state index in [0.717, 1.165) is 5.56 Å². The number of aromatic nitrogens is 1. The minimum absolute atomic E-state index is 0.186. The second-order valence-electron chi connectivity index (χ2n) is 8.91. The highest BCUT2D eigenvalue weighted by atomic mass is 35.5. The number of carbonyl (C=O) groups excluding carboxylic acids is 2. The number of benzene rings is 2. The molecule has 34 heavy (non-hydrogen) atoms. The fourth-order valence-electron chi connectivity index (χ4n) is 3.98. The van der Waals surface area contributed by atoms with E-state index in [9.17, 15) is 9.59 Å². The Morgan fingerprint density at radius 3 is 2.35 bits per heavy atom. The predicted molar refractivity (Wildman–Crippen MR) is 137 cm³/mol. The summed E-state index contributed by atoms with van der Waals surface area (Å²) >= 11 is 12.9. The van der Waals surface area contributed by atoms with Crippen LogP contribution in [0.15, 0.2) is 42.5 Å². The van der Waals surface area contributed by atoms with Crippen LogP contribution in [0.5, 0.6) is 0 Å². The van der Waals surface area contributed by atoms with Gasteiger partial charge in [-0.15, -0.1) is 0 Å². The van der Waals surface area contributed by atoms with Gasteiger partial charge >= 0.3 is 11.9 Å². The first kappa shape index (κ1) is 26.3. The molecule has 0 saturated heterocycles. The molecule has 0 aliphatic carbocycles. The minimum atomic E-state index is -2.25. The molecule has 1 heterocycles. The quantitative estimate of drug-likeness (QED) is 0.254. The van der Waals surface area contributed by atoms with Crippen LogP contribution in [0.3, 0.4) is 0 Å². The Morgan fingerprint density at radius 1 is 1.09 bits per heavy atom. The number of methoxy groups -OCH3 is 1. The second kappa shape index (κ2) is 10.9. The first-order valence-corrected chi connectivity index (χ1v) is 15.2. The molecule has 182 valence electrons. The number of nitrogens with one attached hydrogen (secondary N) is 1. The van der Waals surface area contributed by atoms with Gasteiger partial charge in [-0.25, -0.2) is 4.79 Å². The maximum Gasteiger partial charge on any atom is 0.355 e. The number of esters is 2. The van der Waals surface area contributed by atoms with Crippen LogP contribution in [0, 0.1) is 5.92 Å². The monoisotopic (exact) mass is 521 g/mol. The summed E-state index contributed by atoms with van der Waals surface area (Å²) in [4.78, 5) is 29.3. The third-order valence-electron chi connectivity index (χ3n) is 5.27. The predicted octanol–water partition coefficient (Wildman–Crippen LogP) is 6.58. The normalized spacial score (nSPS) is 13.5. The third kappa shape index (κ3) is 6.02. The van der Waals surface area contributed by atoms with E-state index < -0.39 is 32.3 Å². The van der Waals surface area contributed by atoms with E-state index in [-0.39, 0.29) is 12.3 Å². The average molecular weight is 523 g/mol. The SMILES string of the molecule is CCOC(=O)c1[nH]c2cc(Cl)cc(Cl)c2c1C(O[Si](C)(C)C)C(Cc1ccccc1)C(=O)OC. The van der Waals surface area contributed by atoms with Gasteiger partial charge in [0, 0.05) is 21.5 Å². The molecule has 0 amide bonds. The summed E-state index contributed by atoms with van der Waals surface area (Å²) < 4.78 is 17.2. The van der Waals surface area contributed by atoms with Crippen molar-refractivity contribution in [3.63, 3.8) is 0 Å². The Hall–Kier alpha value is -2.32. The third-order valence-corrected chi connectivity index (χ3v) is 6.74. The van der Waals surface area contributed by atoms with Crippen molar-refractivity contribution in [2.45, 2.75) is 39.1 Å². The van der Waals surface area contributed by atoms with Crippen LogP contribution in [-0.2, 0) is 25.1 Å². The molecule has 3 aromatic rings. The number of aromatic amines is 1. The van der Waals surface area contributed by atoms with Crippen LogP contribution in [0.25, 0.3) is 10.9 Å². The lowest BCUT2D eigenvalue weighted by Gasteiger charge is -2.32. The molecule has 2 aromatic carbocycles. The van der Waals surface area contributed by atoms with Crippen molar-refractivity contribution in [3.05, 3.63) is 69.3 Å². The highest BCUT2D eigenvalue weighted by Gasteiger charge is 2.39. The van der Waals surface area contributed by atoms with E-state index in [1.54, 1.807) is 19.1 Å². The standard InChI is InChI=1S/C25H29Cl2NO5Si/c1-6-32-25(30)22-21(20-18(27)13-16(26)14-19(20)28-22)23(33-34(3,4)5)17(24(29)31-2)12-15-10-8-7-9-11-15/h7-11,13-14,17,23,28H,6,12H2,1-5H3. The van der Waals surface area contributed by atoms with E-state index in [4.69, 9.17) is 37.1 Å². The second-order valence-corrected chi connectivity index (χ2v) is 14.2. The van der Waals surface area contributed by atoms with E-state index in [1.807, 2.05) is 50.0 Å². The molecule has 0 saturated carbocycles. The van der Waals surface area contributed by atoms with Crippen LogP contribution >= 0.6 is 23.2 Å². The van der Waals surface area contributed by atoms with E-state index >= 15 is 0 Å². The van der Waals surface area contributed by atoms with Crippen LogP contribution in [-0.4, -0.2) is 39.0 Å². The number of carbonyl (C=O) groups is 2. The highest BCUT2D eigenvalue weighted by Crippen LogP contribution is 2.42. The first-order valence-electron chi connectivity index (χ1n) is 11.0. The van der Waals surface area contributed by atoms with Gasteiger partial charge in [0.1, 0.15) is 5.69 Å². The zero-order valence-electron chi connectivity index (χ0n) is 19.9. The molecule has 2 unspecified atom stereocenters. The summed E-state index contributed by atoms with van der Waals surface area (Å²) in [5.74, 6) is -1.74. The fraction of sp³-hybridized carbons (Fsp3) is 0.360. The molecular formula is C25H29Cl2NO5Si. The molecule has 0 aliphatic heterocycles. The van der Waals surface area contributed by atoms with Crippen molar-refractivity contribution in [2.24, 2.45) is 5.92 Å². The average Bonchev–Trinajstić information content (AvgIpc) is 3.15. The zero-order chi connectivity index (χ0) is 25.0. The summed E-state index contributed by atoms with van der Waals surface area (Å²) in [6.07, 6.45) is -0.464. The number of ether oxygens (including phenoxy) is 2. The Balaban J connectivity index is 2.30. The van der Waals surface area contributed by atoms with Gasteiger partial charge < -0.3 is 18.9 Å². The van der Waals surface area contributed by atoms with Gasteiger partial charge in [-0.2, -0.15) is 0 Å². The molecule has 6 nitrogen and oxygen atoms in total. The molecule has 0 aliphatic rings. The number of fused-ring (bicyclic) bond motifs is 1. The van der Waals surface area contributed by atoms with Gasteiger partial charge in [0.05, 0.1) is 30.8 Å². The maximum atomic E-state index is 13.2. The maximum absolute atomic E-state index is 13.2. The van der Waals surface area contributed by atoms with Crippen molar-refractivity contribution >= 4 is 54.4 Å². The smallest absolute Gasteiger partial charge is 0.355 e. The molecule has 1 aromatic heterocycles. The molecule has 0 radical (unpaired) electrons. The number of halogens is 2. The lowest BCUT2D eigenvalue weighted by Crippen LogP contribution is -2.36. The van der Waals surface area contributed by atoms with Crippen LogP contribution in [0.1, 0.15) is 34.6 Å². The lowest BCUT2D eigenvalue weighted by atomic mass is 9.88. The van der Waals surface area contributed by atoms with Crippen molar-refractivity contribution in [1.29, 1.82) is 0 Å². The van der Waals surface area contributed by atoms with Gasteiger partial charge in [0.25, 0.3) is 0 Å². The van der Waals surface area contributed by atoms with Gasteiger partial charge in [-0.05, 0) is 50.7 Å². The number of rotatable bonds is 9. The number of hydrogen-bond donors (Lipinski definition) is 1. The Bertz CT molecular complexity index is 1170. The van der Waals surface area contributed by atoms with Crippen LogP contribution < -0.4 is 0 Å². The molecule has 0 fully saturated rings. The largest absolute Gasteiger partial charge is 0.469 e. The number of H-pyrrole nitrogens is 1. The van der Waals surface area contributed by atoms with E-state index in [2.05, 4.69) is 4.98 Å². The van der Waals surface area contributed by atoms with E-state index in [0.29, 0.717) is 32.9 Å². The van der Waals surface area contributed by atoms with Crippen molar-refractivity contribution < 1.29 is 23.5 Å². The van der Waals surface area contributed by atoms with Crippen molar-refractivity contribution in [2.75, 3.05) is 13.7 Å². The number of hydrogen-bond acceptors (Lipinski definition) is 5. The summed E-state index contributed by atoms with van der Waals surface area (Å²) in [7, 11) is -0.902. The van der Waals surface area contributed by atoms with Gasteiger partial charge in [0.2, 0.25) is 0 Å². The Labute approximate surface area is 210 Å². The van der Waals surface area contributed by atoms with Gasteiger partial charge in [-0.3, -0.25) is 4.79 Å².